The lowest BCUT2D eigenvalue weighted by molar-refractivity contribution is -0.132. The minimum atomic E-state index is -3.30. The van der Waals surface area contributed by atoms with Crippen molar-refractivity contribution in [2.24, 2.45) is 13.0 Å². The second-order valence-electron chi connectivity index (χ2n) is 6.81. The van der Waals surface area contributed by atoms with Crippen LogP contribution in [-0.2, 0) is 28.3 Å². The first kappa shape index (κ1) is 16.4. The van der Waals surface area contributed by atoms with Crippen molar-refractivity contribution in [1.29, 1.82) is 0 Å². The van der Waals surface area contributed by atoms with E-state index < -0.39 is 10.0 Å². The van der Waals surface area contributed by atoms with Crippen LogP contribution in [-0.4, -0.2) is 53.9 Å². The highest BCUT2D eigenvalue weighted by atomic mass is 32.2. The number of carbonyl (C=O) groups excluding carboxylic acids is 1. The third-order valence-corrected chi connectivity index (χ3v) is 5.33. The molecule has 2 heterocycles. The summed E-state index contributed by atoms with van der Waals surface area (Å²) in [5.41, 5.74) is 1.02. The summed E-state index contributed by atoms with van der Waals surface area (Å²) in [4.78, 5) is 14.4. The van der Waals surface area contributed by atoms with Gasteiger partial charge in [-0.15, -0.1) is 0 Å². The number of nitrogens with zero attached hydrogens (tertiary/aromatic N) is 3. The molecule has 1 saturated heterocycles. The Kier molecular flexibility index (Phi) is 4.46. The van der Waals surface area contributed by atoms with Crippen molar-refractivity contribution in [3.63, 3.8) is 0 Å². The van der Waals surface area contributed by atoms with Gasteiger partial charge in [0, 0.05) is 32.3 Å². The number of likely N-dealkylation sites (tertiary alicyclic amines) is 1. The van der Waals surface area contributed by atoms with E-state index in [1.54, 1.807) is 10.9 Å². The number of hydrogen-bond acceptors (Lipinski definition) is 4. The monoisotopic (exact) mass is 340 g/mol. The van der Waals surface area contributed by atoms with E-state index in [-0.39, 0.29) is 18.0 Å². The van der Waals surface area contributed by atoms with Crippen LogP contribution in [0.15, 0.2) is 12.4 Å². The molecule has 128 valence electrons. The highest BCUT2D eigenvalue weighted by Gasteiger charge is 2.39. The molecular weight excluding hydrogens is 316 g/mol. The summed E-state index contributed by atoms with van der Waals surface area (Å²) in [6.45, 7) is 0.615. The molecule has 1 aromatic rings. The number of carbonyl (C=O) groups is 1. The van der Waals surface area contributed by atoms with Gasteiger partial charge in [0.2, 0.25) is 15.9 Å². The Balaban J connectivity index is 1.75. The van der Waals surface area contributed by atoms with Gasteiger partial charge in [0.05, 0.1) is 18.5 Å². The zero-order chi connectivity index (χ0) is 16.6. The molecule has 1 aromatic heterocycles. The van der Waals surface area contributed by atoms with E-state index in [2.05, 4.69) is 9.82 Å². The molecule has 0 aromatic carbocycles. The molecule has 1 aliphatic carbocycles. The van der Waals surface area contributed by atoms with Gasteiger partial charge in [0.1, 0.15) is 0 Å². The van der Waals surface area contributed by atoms with Gasteiger partial charge < -0.3 is 4.90 Å². The van der Waals surface area contributed by atoms with E-state index in [0.29, 0.717) is 31.7 Å². The first-order valence-corrected chi connectivity index (χ1v) is 9.95. The largest absolute Gasteiger partial charge is 0.338 e. The first-order chi connectivity index (χ1) is 10.8. The highest BCUT2D eigenvalue weighted by molar-refractivity contribution is 7.88. The average Bonchev–Trinajstić information content (AvgIpc) is 3.03. The lowest BCUT2D eigenvalue weighted by Gasteiger charge is -2.28. The van der Waals surface area contributed by atoms with Crippen molar-refractivity contribution < 1.29 is 13.2 Å². The van der Waals surface area contributed by atoms with Gasteiger partial charge in [-0.3, -0.25) is 9.48 Å². The molecular formula is C15H24N4O3S. The number of aryl methyl sites for hydroxylation is 1. The van der Waals surface area contributed by atoms with Crippen LogP contribution in [0.3, 0.4) is 0 Å². The fourth-order valence-electron chi connectivity index (χ4n) is 3.33. The summed E-state index contributed by atoms with van der Waals surface area (Å²) in [6.07, 6.45) is 9.01. The molecule has 3 rings (SSSR count). The minimum absolute atomic E-state index is 0.139. The normalized spacial score (nSPS) is 25.0. The van der Waals surface area contributed by atoms with Gasteiger partial charge in [-0.05, 0) is 37.2 Å². The summed E-state index contributed by atoms with van der Waals surface area (Å²) in [5.74, 6) is 0.683. The average molecular weight is 340 g/mol. The quantitative estimate of drug-likeness (QED) is 0.806. The minimum Gasteiger partial charge on any atom is -0.338 e. The van der Waals surface area contributed by atoms with E-state index in [1.807, 2.05) is 18.1 Å². The van der Waals surface area contributed by atoms with Crippen LogP contribution < -0.4 is 4.72 Å². The SMILES string of the molecule is Cn1cc(CC2[C@@H](NS(C)(=O)=O)CCN2C(=O)CC2CC2)cn1. The Bertz CT molecular complexity index is 681. The van der Waals surface area contributed by atoms with Crippen LogP contribution in [0.25, 0.3) is 0 Å². The summed E-state index contributed by atoms with van der Waals surface area (Å²) >= 11 is 0. The zero-order valence-electron chi connectivity index (χ0n) is 13.6. The Hall–Kier alpha value is -1.41. The molecule has 0 bridgehead atoms. The lowest BCUT2D eigenvalue weighted by Crippen LogP contribution is -2.47. The molecule has 23 heavy (non-hydrogen) atoms. The fourth-order valence-corrected chi connectivity index (χ4v) is 4.16. The summed E-state index contributed by atoms with van der Waals surface area (Å²) in [7, 11) is -1.45. The molecule has 0 radical (unpaired) electrons. The van der Waals surface area contributed by atoms with E-state index in [0.717, 1.165) is 18.4 Å². The maximum atomic E-state index is 12.5. The number of aromatic nitrogens is 2. The second kappa shape index (κ2) is 6.24. The molecule has 1 amide bonds. The molecule has 8 heteroatoms. The summed E-state index contributed by atoms with van der Waals surface area (Å²) in [5, 5.41) is 4.16. The Morgan fingerprint density at radius 3 is 2.70 bits per heavy atom. The van der Waals surface area contributed by atoms with E-state index in [1.165, 1.54) is 6.26 Å². The molecule has 1 unspecified atom stereocenters. The molecule has 2 aliphatic rings. The molecule has 0 spiro atoms. The summed E-state index contributed by atoms with van der Waals surface area (Å²) < 4.78 is 27.7. The predicted octanol–water partition coefficient (Wildman–Crippen LogP) is 0.281. The van der Waals surface area contributed by atoms with E-state index in [4.69, 9.17) is 0 Å². The molecule has 1 aliphatic heterocycles. The van der Waals surface area contributed by atoms with Crippen molar-refractivity contribution in [3.8, 4) is 0 Å². The summed E-state index contributed by atoms with van der Waals surface area (Å²) in [6, 6.07) is -0.367. The number of sulfonamides is 1. The van der Waals surface area contributed by atoms with Gasteiger partial charge >= 0.3 is 0 Å². The van der Waals surface area contributed by atoms with Crippen LogP contribution in [0, 0.1) is 5.92 Å². The molecule has 2 atom stereocenters. The third-order valence-electron chi connectivity index (χ3n) is 4.60. The zero-order valence-corrected chi connectivity index (χ0v) is 14.4. The molecule has 1 N–H and O–H groups in total. The van der Waals surface area contributed by atoms with Crippen LogP contribution >= 0.6 is 0 Å². The highest BCUT2D eigenvalue weighted by Crippen LogP contribution is 2.34. The topological polar surface area (TPSA) is 84.3 Å². The second-order valence-corrected chi connectivity index (χ2v) is 8.59. The number of rotatable bonds is 6. The van der Waals surface area contributed by atoms with Crippen LogP contribution in [0.2, 0.25) is 0 Å². The smallest absolute Gasteiger partial charge is 0.223 e. The Morgan fingerprint density at radius 1 is 1.39 bits per heavy atom. The van der Waals surface area contributed by atoms with Gasteiger partial charge in [0.25, 0.3) is 0 Å². The van der Waals surface area contributed by atoms with Gasteiger partial charge in [0.15, 0.2) is 0 Å². The molecule has 2 fully saturated rings. The maximum Gasteiger partial charge on any atom is 0.223 e. The van der Waals surface area contributed by atoms with Crippen LogP contribution in [0.5, 0.6) is 0 Å². The van der Waals surface area contributed by atoms with Crippen molar-refractivity contribution >= 4 is 15.9 Å². The van der Waals surface area contributed by atoms with Gasteiger partial charge in [-0.25, -0.2) is 13.1 Å². The van der Waals surface area contributed by atoms with Crippen molar-refractivity contribution in [1.82, 2.24) is 19.4 Å². The number of hydrogen-bond donors (Lipinski definition) is 1. The lowest BCUT2D eigenvalue weighted by atomic mass is 10.0. The molecule has 7 nitrogen and oxygen atoms in total. The van der Waals surface area contributed by atoms with Gasteiger partial charge in [-0.2, -0.15) is 5.10 Å². The standard InChI is InChI=1S/C15H24N4O3S/c1-18-10-12(9-16-18)7-14-13(17-23(2,21)22)5-6-19(14)15(20)8-11-3-4-11/h9-11,13-14,17H,3-8H2,1-2H3/t13-,14?/m0/s1. The van der Waals surface area contributed by atoms with Crippen molar-refractivity contribution in [3.05, 3.63) is 18.0 Å². The number of amides is 1. The van der Waals surface area contributed by atoms with Crippen LogP contribution in [0.4, 0.5) is 0 Å². The fraction of sp³-hybridized carbons (Fsp3) is 0.733. The Labute approximate surface area is 137 Å². The molecule has 1 saturated carbocycles. The van der Waals surface area contributed by atoms with E-state index >= 15 is 0 Å². The third kappa shape index (κ3) is 4.32. The Morgan fingerprint density at radius 2 is 2.13 bits per heavy atom. The van der Waals surface area contributed by atoms with Crippen molar-refractivity contribution in [2.75, 3.05) is 12.8 Å². The maximum absolute atomic E-state index is 12.5. The van der Waals surface area contributed by atoms with E-state index in [9.17, 15) is 13.2 Å². The van der Waals surface area contributed by atoms with Crippen molar-refractivity contribution in [2.45, 2.75) is 44.2 Å². The van der Waals surface area contributed by atoms with Gasteiger partial charge in [-0.1, -0.05) is 0 Å². The predicted molar refractivity (Wildman–Crippen MR) is 86.1 cm³/mol. The van der Waals surface area contributed by atoms with Crippen LogP contribution in [0.1, 0.15) is 31.2 Å². The first-order valence-electron chi connectivity index (χ1n) is 8.06. The number of nitrogens with one attached hydrogen (secondary N) is 1.